The van der Waals surface area contributed by atoms with E-state index in [4.69, 9.17) is 11.6 Å². The van der Waals surface area contributed by atoms with Gasteiger partial charge in [-0.1, -0.05) is 45.4 Å². The molecule has 0 aliphatic carbocycles. The first-order valence-corrected chi connectivity index (χ1v) is 5.57. The third-order valence-corrected chi connectivity index (χ3v) is 3.66. The fourth-order valence-electron chi connectivity index (χ4n) is 0.468. The molecule has 0 nitrogen and oxygen atoms in total. The summed E-state index contributed by atoms with van der Waals surface area (Å²) in [6.07, 6.45) is 2.12. The van der Waals surface area contributed by atoms with Gasteiger partial charge in [-0.05, 0) is 12.8 Å². The Morgan fingerprint density at radius 3 is 2.67 bits per heavy atom. The molecule has 0 aromatic rings. The number of alkyl halides is 2. The molecular formula is C6H10BrClI. The number of hydrogen-bond acceptors (Lipinski definition) is 0. The van der Waals surface area contributed by atoms with Crippen molar-refractivity contribution in [2.45, 2.75) is 25.1 Å². The van der Waals surface area contributed by atoms with Crippen LogP contribution in [-0.4, -0.2) is 10.7 Å². The molecule has 0 bridgehead atoms. The third-order valence-electron chi connectivity index (χ3n) is 1.03. The highest BCUT2D eigenvalue weighted by molar-refractivity contribution is 14.1. The second kappa shape index (κ2) is 6.23. The minimum Gasteiger partial charge on any atom is -0.122 e. The van der Waals surface area contributed by atoms with Crippen molar-refractivity contribution in [3.63, 3.8) is 0 Å². The van der Waals surface area contributed by atoms with Gasteiger partial charge in [0.1, 0.15) is 0 Å². The van der Waals surface area contributed by atoms with Gasteiger partial charge >= 0.3 is 0 Å². The van der Waals surface area contributed by atoms with Crippen molar-refractivity contribution in [2.75, 3.05) is 5.33 Å². The topological polar surface area (TPSA) is 0 Å². The molecule has 1 unspecified atom stereocenters. The lowest BCUT2D eigenvalue weighted by Gasteiger charge is -2.10. The van der Waals surface area contributed by atoms with Crippen molar-refractivity contribution in [3.8, 4) is 0 Å². The summed E-state index contributed by atoms with van der Waals surface area (Å²) in [4.78, 5) is 0. The van der Waals surface area contributed by atoms with Crippen LogP contribution in [0.25, 0.3) is 0 Å². The van der Waals surface area contributed by atoms with E-state index < -0.39 is 0 Å². The van der Waals surface area contributed by atoms with Gasteiger partial charge in [0.2, 0.25) is 0 Å². The quantitative estimate of drug-likeness (QED) is 0.546. The molecule has 0 N–H and O–H groups in total. The van der Waals surface area contributed by atoms with Crippen molar-refractivity contribution in [2.24, 2.45) is 0 Å². The van der Waals surface area contributed by atoms with Crippen molar-refractivity contribution < 1.29 is 0 Å². The van der Waals surface area contributed by atoms with Crippen LogP contribution in [0.15, 0.2) is 0 Å². The third kappa shape index (κ3) is 4.85. The van der Waals surface area contributed by atoms with Crippen LogP contribution in [0.2, 0.25) is 0 Å². The summed E-state index contributed by atoms with van der Waals surface area (Å²) in [5.41, 5.74) is 0. The summed E-state index contributed by atoms with van der Waals surface area (Å²) >= 11 is 11.6. The van der Waals surface area contributed by atoms with E-state index in [0.29, 0.717) is 0 Å². The molecule has 3 heteroatoms. The normalized spacial score (nSPS) is 14.3. The molecule has 9 heavy (non-hydrogen) atoms. The van der Waals surface area contributed by atoms with Crippen LogP contribution in [0.1, 0.15) is 19.8 Å². The van der Waals surface area contributed by atoms with Crippen molar-refractivity contribution in [1.82, 2.24) is 0 Å². The fraction of sp³-hybridized carbons (Fsp3) is 0.833. The summed E-state index contributed by atoms with van der Waals surface area (Å²) < 4.78 is 1.36. The Morgan fingerprint density at radius 1 is 1.78 bits per heavy atom. The maximum Gasteiger partial charge on any atom is 0.0553 e. The first-order chi connectivity index (χ1) is 4.22. The summed E-state index contributed by atoms with van der Waals surface area (Å²) in [5, 5.41) is 1.29. The highest BCUT2D eigenvalue weighted by atomic mass is 127. The van der Waals surface area contributed by atoms with Gasteiger partial charge in [0, 0.05) is 10.7 Å². The van der Waals surface area contributed by atoms with Gasteiger partial charge in [-0.2, -0.15) is 0 Å². The van der Waals surface area contributed by atoms with Crippen LogP contribution in [0, 0.1) is 3.92 Å². The van der Waals surface area contributed by atoms with Crippen LogP contribution in [0.5, 0.6) is 0 Å². The molecule has 0 aliphatic heterocycles. The lowest BCUT2D eigenvalue weighted by atomic mass is 10.2. The first kappa shape index (κ1) is 10.5. The average Bonchev–Trinajstić information content (AvgIpc) is 1.87. The lowest BCUT2D eigenvalue weighted by molar-refractivity contribution is 0.855. The molecule has 0 aliphatic rings. The largest absolute Gasteiger partial charge is 0.122 e. The average molecular weight is 324 g/mol. The highest BCUT2D eigenvalue weighted by Gasteiger charge is 2.12. The van der Waals surface area contributed by atoms with Crippen molar-refractivity contribution in [3.05, 3.63) is 3.92 Å². The maximum atomic E-state index is 5.93. The zero-order valence-corrected chi connectivity index (χ0v) is 9.83. The second-order valence-electron chi connectivity index (χ2n) is 1.76. The van der Waals surface area contributed by atoms with E-state index >= 15 is 0 Å². The van der Waals surface area contributed by atoms with Gasteiger partial charge in [0.25, 0.3) is 0 Å². The Balaban J connectivity index is 3.32. The molecule has 0 spiro atoms. The Labute approximate surface area is 84.0 Å². The fourth-order valence-corrected chi connectivity index (χ4v) is 2.46. The van der Waals surface area contributed by atoms with Crippen LogP contribution < -0.4 is 0 Å². The predicted molar refractivity (Wildman–Crippen MR) is 55.6 cm³/mol. The summed E-state index contributed by atoms with van der Waals surface area (Å²) in [6.45, 7) is 2.10. The second-order valence-corrected chi connectivity index (χ2v) is 4.47. The zero-order chi connectivity index (χ0) is 7.28. The van der Waals surface area contributed by atoms with Crippen molar-refractivity contribution in [1.29, 1.82) is 0 Å². The van der Waals surface area contributed by atoms with E-state index in [9.17, 15) is 0 Å². The van der Waals surface area contributed by atoms with Gasteiger partial charge in [0.05, 0.1) is 3.92 Å². The molecule has 0 aromatic heterocycles. The van der Waals surface area contributed by atoms with Gasteiger partial charge in [0.15, 0.2) is 0 Å². The smallest absolute Gasteiger partial charge is 0.0553 e. The van der Waals surface area contributed by atoms with Crippen LogP contribution in [0.4, 0.5) is 0 Å². The monoisotopic (exact) mass is 323 g/mol. The van der Waals surface area contributed by atoms with E-state index in [1.807, 2.05) is 0 Å². The van der Waals surface area contributed by atoms with E-state index in [-0.39, 0.29) is 5.38 Å². The molecule has 0 saturated carbocycles. The van der Waals surface area contributed by atoms with Gasteiger partial charge < -0.3 is 0 Å². The van der Waals surface area contributed by atoms with E-state index in [1.54, 1.807) is 0 Å². The molecule has 0 aromatic carbocycles. The maximum absolute atomic E-state index is 5.93. The molecule has 0 heterocycles. The van der Waals surface area contributed by atoms with Gasteiger partial charge in [-0.3, -0.25) is 0 Å². The number of rotatable bonds is 4. The zero-order valence-electron chi connectivity index (χ0n) is 5.33. The predicted octanol–water partition coefficient (Wildman–Crippen LogP) is 3.76. The van der Waals surface area contributed by atoms with E-state index in [2.05, 4.69) is 45.4 Å². The first-order valence-electron chi connectivity index (χ1n) is 2.93. The molecule has 0 rings (SSSR count). The van der Waals surface area contributed by atoms with Crippen LogP contribution in [-0.2, 0) is 0 Å². The Kier molecular flexibility index (Phi) is 7.26. The molecule has 0 fully saturated rings. The SMILES string of the molecule is CCC(Cl)[C](I)CCBr. The summed E-state index contributed by atoms with van der Waals surface area (Å²) in [5.74, 6) is 0. The lowest BCUT2D eigenvalue weighted by Crippen LogP contribution is -2.04. The molecule has 1 radical (unpaired) electrons. The molecule has 0 saturated heterocycles. The Hall–Kier alpha value is 1.50. The minimum absolute atomic E-state index is 0.267. The van der Waals surface area contributed by atoms with Crippen LogP contribution >= 0.6 is 50.1 Å². The minimum atomic E-state index is 0.267. The van der Waals surface area contributed by atoms with Gasteiger partial charge in [-0.15, -0.1) is 11.6 Å². The van der Waals surface area contributed by atoms with E-state index in [0.717, 1.165) is 18.2 Å². The molecule has 0 amide bonds. The standard InChI is InChI=1S/C6H10BrClI/c1-2-5(8)6(9)3-4-7/h5H,2-4H2,1H3. The summed E-state index contributed by atoms with van der Waals surface area (Å²) in [7, 11) is 0. The molecule has 1 atom stereocenters. The van der Waals surface area contributed by atoms with Crippen molar-refractivity contribution >= 4 is 50.1 Å². The number of halogens is 3. The number of hydrogen-bond donors (Lipinski definition) is 0. The summed E-state index contributed by atoms with van der Waals surface area (Å²) in [6, 6.07) is 0. The highest BCUT2D eigenvalue weighted by Crippen LogP contribution is 2.27. The molecule has 55 valence electrons. The molecular weight excluding hydrogens is 314 g/mol. The van der Waals surface area contributed by atoms with E-state index in [1.165, 1.54) is 3.92 Å². The Bertz CT molecular complexity index is 70.1. The van der Waals surface area contributed by atoms with Gasteiger partial charge in [-0.25, -0.2) is 0 Å². The van der Waals surface area contributed by atoms with Crippen LogP contribution in [0.3, 0.4) is 0 Å². The Morgan fingerprint density at radius 2 is 2.33 bits per heavy atom.